The molecule has 0 amide bonds. The molecule has 0 aromatic carbocycles. The number of hydroxylamine groups is 1. The van der Waals surface area contributed by atoms with Crippen LogP contribution in [0.5, 0.6) is 0 Å². The molecule has 30 valence electrons. The fourth-order valence-corrected chi connectivity index (χ4v) is 0.0456. The highest BCUT2D eigenvalue weighted by atomic mass is 16.6. The van der Waals surface area contributed by atoms with Gasteiger partial charge in [0.05, 0.1) is 0 Å². The molecule has 0 bridgehead atoms. The van der Waals surface area contributed by atoms with E-state index in [1.54, 1.807) is 5.48 Å². The van der Waals surface area contributed by atoms with Crippen LogP contribution in [-0.2, 0) is 4.84 Å². The maximum atomic E-state index is 7.56. The third kappa shape index (κ3) is 2.58. The van der Waals surface area contributed by atoms with E-state index >= 15 is 0 Å². The lowest BCUT2D eigenvalue weighted by Gasteiger charge is -1.77. The summed E-state index contributed by atoms with van der Waals surface area (Å²) in [6, 6.07) is 0. The van der Waals surface area contributed by atoms with Crippen molar-refractivity contribution in [3.05, 3.63) is 0 Å². The van der Waals surface area contributed by atoms with Crippen LogP contribution in [0.15, 0.2) is 0 Å². The van der Waals surface area contributed by atoms with E-state index in [1.165, 1.54) is 12.4 Å². The first-order valence-electron chi connectivity index (χ1n) is 1.11. The summed E-state index contributed by atoms with van der Waals surface area (Å²) in [6.07, 6.45) is 2.61. The van der Waals surface area contributed by atoms with Gasteiger partial charge in [-0.1, -0.05) is 0 Å². The number of rotatable bonds is 1. The molecule has 0 rings (SSSR count). The Bertz CT molecular complexity index is 82.3. The number of nitriles is 2. The third-order valence-electron chi connectivity index (χ3n) is 0.142. The second kappa shape index (κ2) is 3.58. The highest BCUT2D eigenvalue weighted by Crippen LogP contribution is 1.47. The molecule has 0 aliphatic rings. The topological polar surface area (TPSA) is 68.8 Å². The molecule has 0 aliphatic heterocycles. The Morgan fingerprint density at radius 1 is 1.50 bits per heavy atom. The minimum Gasteiger partial charge on any atom is -0.292 e. The van der Waals surface area contributed by atoms with Crippen molar-refractivity contribution >= 4 is 0 Å². The van der Waals surface area contributed by atoms with E-state index in [0.29, 0.717) is 0 Å². The highest BCUT2D eigenvalue weighted by molar-refractivity contribution is 4.56. The monoisotopic (exact) mass is 83.0 g/mol. The predicted octanol–water partition coefficient (Wildman–Crippen LogP) is -0.530. The van der Waals surface area contributed by atoms with Crippen LogP contribution in [0.4, 0.5) is 0 Å². The van der Waals surface area contributed by atoms with Crippen LogP contribution in [0.1, 0.15) is 0 Å². The Balaban J connectivity index is 2.78. The molecule has 1 N–H and O–H groups in total. The summed E-state index contributed by atoms with van der Waals surface area (Å²) in [5.41, 5.74) is 1.64. The zero-order valence-electron chi connectivity index (χ0n) is 2.80. The number of nitrogens with zero attached hydrogens (tertiary/aromatic N) is 2. The number of hydrogen-bond acceptors (Lipinski definition) is 4. The van der Waals surface area contributed by atoms with Gasteiger partial charge in [0.1, 0.15) is 0 Å². The van der Waals surface area contributed by atoms with Gasteiger partial charge in [0, 0.05) is 0 Å². The van der Waals surface area contributed by atoms with Crippen molar-refractivity contribution in [1.29, 1.82) is 10.5 Å². The lowest BCUT2D eigenvalue weighted by Crippen LogP contribution is -1.99. The van der Waals surface area contributed by atoms with E-state index in [-0.39, 0.29) is 0 Å². The van der Waals surface area contributed by atoms with Gasteiger partial charge in [-0.25, -0.2) is 0 Å². The summed E-state index contributed by atoms with van der Waals surface area (Å²) < 4.78 is 0. The maximum absolute atomic E-state index is 7.56. The molecule has 0 fully saturated rings. The summed E-state index contributed by atoms with van der Waals surface area (Å²) in [5, 5.41) is 15.1. The summed E-state index contributed by atoms with van der Waals surface area (Å²) in [6.45, 7) is 0. The first kappa shape index (κ1) is 4.58. The molecule has 0 saturated carbocycles. The van der Waals surface area contributed by atoms with Crippen LogP contribution in [-0.4, -0.2) is 0 Å². The molecule has 0 saturated heterocycles. The third-order valence-corrected chi connectivity index (χ3v) is 0.142. The predicted molar refractivity (Wildman–Crippen MR) is 15.4 cm³/mol. The summed E-state index contributed by atoms with van der Waals surface area (Å²) in [4.78, 5) is 3.68. The van der Waals surface area contributed by atoms with Crippen LogP contribution in [0.3, 0.4) is 0 Å². The normalized spacial score (nSPS) is 4.33. The van der Waals surface area contributed by atoms with Gasteiger partial charge in [-0.05, 0) is 0 Å². The van der Waals surface area contributed by atoms with Gasteiger partial charge in [-0.2, -0.15) is 5.26 Å². The minimum atomic E-state index is 1.23. The molecule has 0 atom stereocenters. The molecule has 0 heterocycles. The van der Waals surface area contributed by atoms with Crippen molar-refractivity contribution in [2.24, 2.45) is 0 Å². The first-order chi connectivity index (χ1) is 2.91. The molecule has 0 aromatic heterocycles. The summed E-state index contributed by atoms with van der Waals surface area (Å²) >= 11 is 0. The lowest BCUT2D eigenvalue weighted by atomic mass is 11.4. The maximum Gasteiger partial charge on any atom is 0.315 e. The number of nitrogens with one attached hydrogen (secondary N) is 1. The van der Waals surface area contributed by atoms with E-state index in [0.717, 1.165) is 0 Å². The standard InChI is InChI=1S/C2HN3O/c3-1-5-6-2-4/h5H. The second-order valence-corrected chi connectivity index (χ2v) is 0.407. The fourth-order valence-electron chi connectivity index (χ4n) is 0.0456. The van der Waals surface area contributed by atoms with Gasteiger partial charge in [0.2, 0.25) is 6.19 Å². The van der Waals surface area contributed by atoms with Crippen LogP contribution >= 0.6 is 0 Å². The Morgan fingerprint density at radius 2 is 2.17 bits per heavy atom. The fraction of sp³-hybridized carbons (Fsp3) is 0. The van der Waals surface area contributed by atoms with Crippen molar-refractivity contribution < 1.29 is 4.84 Å². The van der Waals surface area contributed by atoms with Crippen LogP contribution in [0, 0.1) is 23.0 Å². The van der Waals surface area contributed by atoms with Crippen molar-refractivity contribution in [1.82, 2.24) is 5.48 Å². The Hall–Kier alpha value is -1.42. The Morgan fingerprint density at radius 3 is 2.33 bits per heavy atom. The average molecular weight is 83.1 g/mol. The molecule has 0 aromatic rings. The summed E-state index contributed by atoms with van der Waals surface area (Å²) in [7, 11) is 0. The molecule has 0 unspecified atom stereocenters. The largest absolute Gasteiger partial charge is 0.315 e. The van der Waals surface area contributed by atoms with Crippen LogP contribution < -0.4 is 5.48 Å². The molecule has 6 heavy (non-hydrogen) atoms. The van der Waals surface area contributed by atoms with E-state index in [9.17, 15) is 0 Å². The highest BCUT2D eigenvalue weighted by Gasteiger charge is 1.63. The second-order valence-electron chi connectivity index (χ2n) is 0.407. The quantitative estimate of drug-likeness (QED) is 0.200. The van der Waals surface area contributed by atoms with Crippen LogP contribution in [0.25, 0.3) is 0 Å². The van der Waals surface area contributed by atoms with Gasteiger partial charge < -0.3 is 0 Å². The SMILES string of the molecule is N#CNOC#N. The van der Waals surface area contributed by atoms with Gasteiger partial charge in [-0.3, -0.25) is 4.84 Å². The molecule has 0 radical (unpaired) electrons. The molecule has 0 aliphatic carbocycles. The van der Waals surface area contributed by atoms with Crippen molar-refractivity contribution in [3.63, 3.8) is 0 Å². The van der Waals surface area contributed by atoms with Crippen molar-refractivity contribution in [2.45, 2.75) is 0 Å². The molecular weight excluding hydrogens is 82.0 g/mol. The number of hydrogen-bond donors (Lipinski definition) is 1. The Kier molecular flexibility index (Phi) is 2.73. The smallest absolute Gasteiger partial charge is 0.292 e. The van der Waals surface area contributed by atoms with E-state index in [2.05, 4.69) is 4.84 Å². The van der Waals surface area contributed by atoms with E-state index in [1.807, 2.05) is 0 Å². The lowest BCUT2D eigenvalue weighted by molar-refractivity contribution is 0.203. The van der Waals surface area contributed by atoms with Gasteiger partial charge in [0.15, 0.2) is 0 Å². The van der Waals surface area contributed by atoms with Gasteiger partial charge in [0.25, 0.3) is 0 Å². The average Bonchev–Trinajstić information content (AvgIpc) is 1.61. The van der Waals surface area contributed by atoms with E-state index in [4.69, 9.17) is 10.5 Å². The zero-order chi connectivity index (χ0) is 4.83. The van der Waals surface area contributed by atoms with Crippen molar-refractivity contribution in [2.75, 3.05) is 0 Å². The summed E-state index contributed by atoms with van der Waals surface area (Å²) in [5.74, 6) is 0. The molecule has 4 nitrogen and oxygen atoms in total. The van der Waals surface area contributed by atoms with Gasteiger partial charge in [-0.15, -0.1) is 10.7 Å². The molecule has 0 spiro atoms. The zero-order valence-corrected chi connectivity index (χ0v) is 2.80. The first-order valence-corrected chi connectivity index (χ1v) is 1.11. The van der Waals surface area contributed by atoms with Crippen LogP contribution in [0.2, 0.25) is 0 Å². The molecule has 4 heteroatoms. The van der Waals surface area contributed by atoms with E-state index < -0.39 is 0 Å². The Labute approximate surface area is 34.5 Å². The van der Waals surface area contributed by atoms with Crippen molar-refractivity contribution in [3.8, 4) is 12.4 Å². The van der Waals surface area contributed by atoms with Gasteiger partial charge >= 0.3 is 6.26 Å². The molecular formula is C2HN3O. The minimum absolute atomic E-state index is 1.23.